The molecule has 96 valence electrons. The van der Waals surface area contributed by atoms with Crippen LogP contribution >= 0.6 is 12.2 Å². The highest BCUT2D eigenvalue weighted by Crippen LogP contribution is 2.09. The van der Waals surface area contributed by atoms with Crippen LogP contribution in [0.15, 0.2) is 49.6 Å². The number of nitrogens with zero attached hydrogens (tertiary/aromatic N) is 1. The van der Waals surface area contributed by atoms with E-state index in [0.29, 0.717) is 11.4 Å². The van der Waals surface area contributed by atoms with E-state index in [0.717, 1.165) is 25.2 Å². The van der Waals surface area contributed by atoms with E-state index in [9.17, 15) is 0 Å². The van der Waals surface area contributed by atoms with E-state index in [4.69, 9.17) is 18.0 Å². The van der Waals surface area contributed by atoms with Crippen molar-refractivity contribution in [3.05, 3.63) is 60.7 Å². The number of thiocarbonyl (C=S) groups is 1. The van der Waals surface area contributed by atoms with Crippen LogP contribution in [0.2, 0.25) is 0 Å². The maximum Gasteiger partial charge on any atom is 0.0771 e. The molecule has 0 atom stereocenters. The molecule has 0 fully saturated rings. The Kier molecular flexibility index (Phi) is 6.33. The lowest BCUT2D eigenvalue weighted by Crippen LogP contribution is -2.23. The van der Waals surface area contributed by atoms with Crippen molar-refractivity contribution in [3.63, 3.8) is 0 Å². The molecular weight excluding hydrogens is 240 g/mol. The quantitative estimate of drug-likeness (QED) is 0.575. The minimum Gasteiger partial charge on any atom is -0.393 e. The Morgan fingerprint density at radius 1 is 1.22 bits per heavy atom. The Bertz CT molecular complexity index is 416. The van der Waals surface area contributed by atoms with E-state index in [1.807, 2.05) is 24.3 Å². The Labute approximate surface area is 115 Å². The maximum absolute atomic E-state index is 5.57. The first-order chi connectivity index (χ1) is 8.65. The highest BCUT2D eigenvalue weighted by molar-refractivity contribution is 7.80. The van der Waals surface area contributed by atoms with Crippen molar-refractivity contribution >= 4 is 17.2 Å². The molecule has 0 aromatic heterocycles. The average Bonchev–Trinajstić information content (AvgIpc) is 2.29. The molecule has 1 aromatic rings. The average molecular weight is 260 g/mol. The zero-order chi connectivity index (χ0) is 13.4. The van der Waals surface area contributed by atoms with Gasteiger partial charge in [0.15, 0.2) is 0 Å². The van der Waals surface area contributed by atoms with Crippen molar-refractivity contribution in [2.45, 2.75) is 13.0 Å². The topological polar surface area (TPSA) is 29.3 Å². The molecule has 18 heavy (non-hydrogen) atoms. The molecule has 0 bridgehead atoms. The predicted octanol–water partition coefficient (Wildman–Crippen LogP) is 2.69. The van der Waals surface area contributed by atoms with Gasteiger partial charge in [-0.3, -0.25) is 4.90 Å². The molecule has 3 heteroatoms. The van der Waals surface area contributed by atoms with Crippen LogP contribution in [0, 0.1) is 0 Å². The Balaban J connectivity index is 2.72. The molecule has 0 aliphatic carbocycles. The lowest BCUT2D eigenvalue weighted by molar-refractivity contribution is 0.327. The second-order valence-corrected chi connectivity index (χ2v) is 4.76. The van der Waals surface area contributed by atoms with E-state index in [2.05, 4.69) is 30.2 Å². The van der Waals surface area contributed by atoms with Gasteiger partial charge in [0.1, 0.15) is 0 Å². The number of hydrogen-bond acceptors (Lipinski definition) is 2. The van der Waals surface area contributed by atoms with Gasteiger partial charge < -0.3 is 5.73 Å². The van der Waals surface area contributed by atoms with Crippen molar-refractivity contribution in [2.24, 2.45) is 5.73 Å². The summed E-state index contributed by atoms with van der Waals surface area (Å²) in [4.78, 5) is 2.79. The summed E-state index contributed by atoms with van der Waals surface area (Å²) in [6.07, 6.45) is 4.47. The number of benzene rings is 1. The summed E-state index contributed by atoms with van der Waals surface area (Å²) < 4.78 is 0. The summed E-state index contributed by atoms with van der Waals surface area (Å²) in [5, 5.41) is 0. The van der Waals surface area contributed by atoms with Crippen LogP contribution in [0.3, 0.4) is 0 Å². The van der Waals surface area contributed by atoms with Gasteiger partial charge in [0.05, 0.1) is 4.99 Å². The van der Waals surface area contributed by atoms with Crippen molar-refractivity contribution in [3.8, 4) is 0 Å². The largest absolute Gasteiger partial charge is 0.393 e. The van der Waals surface area contributed by atoms with Crippen LogP contribution in [0.1, 0.15) is 11.1 Å². The first-order valence-electron chi connectivity index (χ1n) is 5.96. The van der Waals surface area contributed by atoms with E-state index in [1.165, 1.54) is 5.56 Å². The summed E-state index contributed by atoms with van der Waals surface area (Å²) in [5.41, 5.74) is 7.99. The Hall–Kier alpha value is -1.45. The van der Waals surface area contributed by atoms with Crippen LogP contribution in [-0.4, -0.2) is 23.0 Å². The zero-order valence-corrected chi connectivity index (χ0v) is 11.5. The van der Waals surface area contributed by atoms with Gasteiger partial charge in [-0.15, -0.1) is 13.2 Å². The maximum atomic E-state index is 5.57. The van der Waals surface area contributed by atoms with Crippen LogP contribution in [0.25, 0.3) is 0 Å². The van der Waals surface area contributed by atoms with Gasteiger partial charge in [0.25, 0.3) is 0 Å². The predicted molar refractivity (Wildman–Crippen MR) is 82.6 cm³/mol. The fraction of sp³-hybridized carbons (Fsp3) is 0.267. The van der Waals surface area contributed by atoms with Gasteiger partial charge in [-0.1, -0.05) is 48.6 Å². The molecule has 2 nitrogen and oxygen atoms in total. The van der Waals surface area contributed by atoms with Gasteiger partial charge in [-0.2, -0.15) is 0 Å². The van der Waals surface area contributed by atoms with E-state index >= 15 is 0 Å². The molecule has 0 heterocycles. The Morgan fingerprint density at radius 2 is 1.83 bits per heavy atom. The SMILES string of the molecule is C=CCN(CC=C)Cc1cccc(CC(N)=S)c1. The molecular formula is C15H20N2S. The minimum atomic E-state index is 0.529. The normalized spacial score (nSPS) is 10.3. The van der Waals surface area contributed by atoms with Crippen LogP contribution in [-0.2, 0) is 13.0 Å². The number of nitrogens with two attached hydrogens (primary N) is 1. The molecule has 0 aliphatic heterocycles. The zero-order valence-electron chi connectivity index (χ0n) is 10.6. The summed E-state index contributed by atoms with van der Waals surface area (Å²) in [5.74, 6) is 0. The second kappa shape index (κ2) is 7.80. The molecule has 0 aliphatic rings. The van der Waals surface area contributed by atoms with Gasteiger partial charge in [-0.25, -0.2) is 0 Å². The molecule has 1 aromatic carbocycles. The molecule has 2 N–H and O–H groups in total. The van der Waals surface area contributed by atoms with Gasteiger partial charge in [-0.05, 0) is 11.1 Å². The van der Waals surface area contributed by atoms with E-state index < -0.39 is 0 Å². The highest BCUT2D eigenvalue weighted by Gasteiger charge is 2.03. The van der Waals surface area contributed by atoms with E-state index in [-0.39, 0.29) is 0 Å². The Morgan fingerprint density at radius 3 is 2.39 bits per heavy atom. The van der Waals surface area contributed by atoms with Crippen molar-refractivity contribution < 1.29 is 0 Å². The third kappa shape index (κ3) is 5.25. The highest BCUT2D eigenvalue weighted by atomic mass is 32.1. The minimum absolute atomic E-state index is 0.529. The summed E-state index contributed by atoms with van der Waals surface area (Å²) >= 11 is 4.93. The van der Waals surface area contributed by atoms with Gasteiger partial charge in [0.2, 0.25) is 0 Å². The molecule has 0 saturated heterocycles. The monoisotopic (exact) mass is 260 g/mol. The lowest BCUT2D eigenvalue weighted by atomic mass is 10.1. The fourth-order valence-electron chi connectivity index (χ4n) is 1.87. The van der Waals surface area contributed by atoms with Gasteiger partial charge in [0, 0.05) is 26.1 Å². The summed E-state index contributed by atoms with van der Waals surface area (Å²) in [6, 6.07) is 8.36. The third-order valence-electron chi connectivity index (χ3n) is 2.55. The van der Waals surface area contributed by atoms with Crippen molar-refractivity contribution in [1.29, 1.82) is 0 Å². The molecule has 0 spiro atoms. The second-order valence-electron chi connectivity index (χ2n) is 4.23. The van der Waals surface area contributed by atoms with Crippen LogP contribution in [0.5, 0.6) is 0 Å². The lowest BCUT2D eigenvalue weighted by Gasteiger charge is -2.19. The third-order valence-corrected chi connectivity index (χ3v) is 2.69. The van der Waals surface area contributed by atoms with E-state index in [1.54, 1.807) is 0 Å². The first kappa shape index (κ1) is 14.6. The standard InChI is InChI=1S/C15H20N2S/c1-3-8-17(9-4-2)12-14-7-5-6-13(10-14)11-15(16)18/h3-7,10H,1-2,8-9,11-12H2,(H2,16,18). The smallest absolute Gasteiger partial charge is 0.0771 e. The molecule has 0 unspecified atom stereocenters. The first-order valence-corrected chi connectivity index (χ1v) is 6.36. The van der Waals surface area contributed by atoms with Crippen LogP contribution < -0.4 is 5.73 Å². The van der Waals surface area contributed by atoms with Gasteiger partial charge >= 0.3 is 0 Å². The molecule has 0 amide bonds. The molecule has 0 saturated carbocycles. The number of rotatable bonds is 8. The van der Waals surface area contributed by atoms with Crippen molar-refractivity contribution in [1.82, 2.24) is 4.90 Å². The van der Waals surface area contributed by atoms with Crippen molar-refractivity contribution in [2.75, 3.05) is 13.1 Å². The fourth-order valence-corrected chi connectivity index (χ4v) is 2.03. The number of hydrogen-bond donors (Lipinski definition) is 1. The molecule has 0 radical (unpaired) electrons. The molecule has 1 rings (SSSR count). The van der Waals surface area contributed by atoms with Crippen LogP contribution in [0.4, 0.5) is 0 Å². The summed E-state index contributed by atoms with van der Waals surface area (Å²) in [7, 11) is 0. The summed E-state index contributed by atoms with van der Waals surface area (Å²) in [6.45, 7) is 10.1.